The molecule has 3 rings (SSSR count). The number of nitrogens with one attached hydrogen (secondary N) is 1. The van der Waals surface area contributed by atoms with Crippen LogP contribution >= 0.6 is 0 Å². The van der Waals surface area contributed by atoms with Gasteiger partial charge in [-0.1, -0.05) is 0 Å². The summed E-state index contributed by atoms with van der Waals surface area (Å²) in [5, 5.41) is 13.0. The Hall–Kier alpha value is -1.96. The molecule has 1 saturated carbocycles. The number of aliphatic hydroxyl groups excluding tert-OH is 1. The summed E-state index contributed by atoms with van der Waals surface area (Å²) in [6, 6.07) is -0.211. The number of anilines is 1. The molecule has 1 aromatic rings. The summed E-state index contributed by atoms with van der Waals surface area (Å²) >= 11 is 0. The highest BCUT2D eigenvalue weighted by molar-refractivity contribution is 5.73. The molecule has 2 aliphatic rings. The van der Waals surface area contributed by atoms with Crippen LogP contribution in [0.1, 0.15) is 19.8 Å². The van der Waals surface area contributed by atoms with E-state index in [1.54, 1.807) is 0 Å². The second-order valence-corrected chi connectivity index (χ2v) is 6.30. The molecule has 2 N–H and O–H groups in total. The number of nitrogens with zero attached hydrogens (tertiary/aromatic N) is 3. The molecule has 0 bridgehead atoms. The van der Waals surface area contributed by atoms with Gasteiger partial charge in [0.25, 0.3) is 5.88 Å². The number of aromatic nitrogens is 2. The molecular formula is C15H21FN4O3. The molecule has 126 valence electrons. The van der Waals surface area contributed by atoms with Gasteiger partial charge in [0, 0.05) is 20.0 Å². The van der Waals surface area contributed by atoms with E-state index in [1.807, 2.05) is 4.90 Å². The lowest BCUT2D eigenvalue weighted by Crippen LogP contribution is -2.48. The smallest absolute Gasteiger partial charge is 0.255 e. The van der Waals surface area contributed by atoms with Gasteiger partial charge in [-0.2, -0.15) is 9.37 Å². The third-order valence-electron chi connectivity index (χ3n) is 4.71. The van der Waals surface area contributed by atoms with E-state index in [1.165, 1.54) is 14.0 Å². The summed E-state index contributed by atoms with van der Waals surface area (Å²) in [6.07, 6.45) is 1.92. The van der Waals surface area contributed by atoms with Crippen LogP contribution in [0.3, 0.4) is 0 Å². The fraction of sp³-hybridized carbons (Fsp3) is 0.667. The summed E-state index contributed by atoms with van der Waals surface area (Å²) in [6.45, 7) is 2.89. The number of fused-ring (bicyclic) bond motifs is 1. The van der Waals surface area contributed by atoms with Crippen molar-refractivity contribution in [3.63, 3.8) is 0 Å². The first-order valence-electron chi connectivity index (χ1n) is 7.74. The van der Waals surface area contributed by atoms with Crippen LogP contribution in [-0.4, -0.2) is 53.3 Å². The van der Waals surface area contributed by atoms with Crippen molar-refractivity contribution in [3.8, 4) is 5.88 Å². The number of ether oxygens (including phenoxy) is 1. The highest BCUT2D eigenvalue weighted by atomic mass is 19.1. The zero-order chi connectivity index (χ0) is 16.6. The molecular weight excluding hydrogens is 303 g/mol. The summed E-state index contributed by atoms with van der Waals surface area (Å²) in [7, 11) is 1.37. The molecule has 1 aliphatic heterocycles. The van der Waals surface area contributed by atoms with E-state index in [4.69, 9.17) is 4.74 Å². The Bertz CT molecular complexity index is 600. The van der Waals surface area contributed by atoms with Crippen molar-refractivity contribution >= 4 is 11.9 Å². The number of amides is 1. The minimum absolute atomic E-state index is 0.0685. The van der Waals surface area contributed by atoms with Gasteiger partial charge in [-0.15, -0.1) is 0 Å². The van der Waals surface area contributed by atoms with Crippen LogP contribution < -0.4 is 15.0 Å². The van der Waals surface area contributed by atoms with E-state index in [0.29, 0.717) is 30.7 Å². The van der Waals surface area contributed by atoms with Gasteiger partial charge in [-0.25, -0.2) is 4.98 Å². The second-order valence-electron chi connectivity index (χ2n) is 6.30. The van der Waals surface area contributed by atoms with Crippen molar-refractivity contribution in [2.24, 2.45) is 11.8 Å². The SMILES string of the molecule is COc1nc(N2C[C@H]3C[C@@H](NC(C)=O)[C@H](O)C[C@H]3C2)ncc1F. The summed E-state index contributed by atoms with van der Waals surface area (Å²) in [4.78, 5) is 21.4. The van der Waals surface area contributed by atoms with Crippen molar-refractivity contribution < 1.29 is 19.0 Å². The van der Waals surface area contributed by atoms with Crippen LogP contribution in [-0.2, 0) is 4.79 Å². The minimum atomic E-state index is -0.589. The standard InChI is InChI=1S/C15H21FN4O3/c1-8(21)18-12-3-9-6-20(7-10(9)4-13(12)22)15-17-5-11(16)14(19-15)23-2/h5,9-10,12-13,22H,3-4,6-7H2,1-2H3,(H,18,21)/t9-,10+,12-,13-/m1/s1. The van der Waals surface area contributed by atoms with Gasteiger partial charge < -0.3 is 20.1 Å². The van der Waals surface area contributed by atoms with Crippen molar-refractivity contribution in [2.75, 3.05) is 25.1 Å². The molecule has 2 fully saturated rings. The zero-order valence-corrected chi connectivity index (χ0v) is 13.2. The Kier molecular flexibility index (Phi) is 4.34. The lowest BCUT2D eigenvalue weighted by molar-refractivity contribution is -0.121. The average Bonchev–Trinajstić information content (AvgIpc) is 2.90. The Balaban J connectivity index is 1.72. The molecule has 1 aromatic heterocycles. The number of rotatable bonds is 3. The number of hydrogen-bond donors (Lipinski definition) is 2. The van der Waals surface area contributed by atoms with E-state index in [2.05, 4.69) is 15.3 Å². The Morgan fingerprint density at radius 3 is 2.78 bits per heavy atom. The minimum Gasteiger partial charge on any atom is -0.479 e. The summed E-state index contributed by atoms with van der Waals surface area (Å²) in [5.74, 6) is 0.303. The van der Waals surface area contributed by atoms with Crippen LogP contribution in [0.15, 0.2) is 6.20 Å². The third-order valence-corrected chi connectivity index (χ3v) is 4.71. The molecule has 8 heteroatoms. The average molecular weight is 324 g/mol. The topological polar surface area (TPSA) is 87.6 Å². The highest BCUT2D eigenvalue weighted by Crippen LogP contribution is 2.37. The van der Waals surface area contributed by atoms with Gasteiger partial charge in [0.15, 0.2) is 0 Å². The number of carbonyl (C=O) groups is 1. The Morgan fingerprint density at radius 2 is 2.13 bits per heavy atom. The van der Waals surface area contributed by atoms with E-state index in [0.717, 1.165) is 19.2 Å². The monoisotopic (exact) mass is 324 g/mol. The Labute approximate surface area is 133 Å². The molecule has 1 saturated heterocycles. The van der Waals surface area contributed by atoms with Gasteiger partial charge in [-0.05, 0) is 24.7 Å². The third kappa shape index (κ3) is 3.21. The molecule has 1 aliphatic carbocycles. The molecule has 7 nitrogen and oxygen atoms in total. The highest BCUT2D eigenvalue weighted by Gasteiger charge is 2.42. The van der Waals surface area contributed by atoms with Crippen LogP contribution in [0, 0.1) is 17.7 Å². The first-order valence-corrected chi connectivity index (χ1v) is 7.74. The van der Waals surface area contributed by atoms with Crippen molar-refractivity contribution in [1.29, 1.82) is 0 Å². The molecule has 0 radical (unpaired) electrons. The van der Waals surface area contributed by atoms with Crippen molar-refractivity contribution in [2.45, 2.75) is 31.9 Å². The zero-order valence-electron chi connectivity index (χ0n) is 13.2. The molecule has 0 aromatic carbocycles. The Morgan fingerprint density at radius 1 is 1.43 bits per heavy atom. The largest absolute Gasteiger partial charge is 0.479 e. The quantitative estimate of drug-likeness (QED) is 0.833. The number of halogens is 1. The maximum atomic E-state index is 13.4. The molecule has 4 atom stereocenters. The first-order chi connectivity index (χ1) is 11.0. The van der Waals surface area contributed by atoms with Crippen LogP contribution in [0.4, 0.5) is 10.3 Å². The number of aliphatic hydroxyl groups is 1. The summed E-state index contributed by atoms with van der Waals surface area (Å²) in [5.41, 5.74) is 0. The van der Waals surface area contributed by atoms with Gasteiger partial charge in [0.2, 0.25) is 17.7 Å². The first kappa shape index (κ1) is 15.9. The molecule has 1 amide bonds. The predicted molar refractivity (Wildman–Crippen MR) is 80.6 cm³/mol. The normalized spacial score (nSPS) is 30.0. The van der Waals surface area contributed by atoms with E-state index in [9.17, 15) is 14.3 Å². The van der Waals surface area contributed by atoms with Gasteiger partial charge in [0.05, 0.1) is 25.5 Å². The van der Waals surface area contributed by atoms with Crippen LogP contribution in [0.25, 0.3) is 0 Å². The summed E-state index contributed by atoms with van der Waals surface area (Å²) < 4.78 is 18.3. The van der Waals surface area contributed by atoms with Crippen LogP contribution in [0.5, 0.6) is 5.88 Å². The molecule has 2 heterocycles. The fourth-order valence-corrected chi connectivity index (χ4v) is 3.65. The van der Waals surface area contributed by atoms with Gasteiger partial charge >= 0.3 is 0 Å². The lowest BCUT2D eigenvalue weighted by Gasteiger charge is -2.35. The maximum Gasteiger partial charge on any atom is 0.255 e. The van der Waals surface area contributed by atoms with E-state index >= 15 is 0 Å². The molecule has 0 unspecified atom stereocenters. The number of methoxy groups -OCH3 is 1. The van der Waals surface area contributed by atoms with Crippen molar-refractivity contribution in [3.05, 3.63) is 12.0 Å². The number of carbonyl (C=O) groups excluding carboxylic acids is 1. The molecule has 23 heavy (non-hydrogen) atoms. The van der Waals surface area contributed by atoms with E-state index < -0.39 is 11.9 Å². The van der Waals surface area contributed by atoms with Gasteiger partial charge in [-0.3, -0.25) is 4.79 Å². The maximum absolute atomic E-state index is 13.4. The fourth-order valence-electron chi connectivity index (χ4n) is 3.65. The number of hydrogen-bond acceptors (Lipinski definition) is 6. The predicted octanol–water partition coefficient (Wildman–Crippen LogP) is 0.336. The van der Waals surface area contributed by atoms with Gasteiger partial charge in [0.1, 0.15) is 0 Å². The van der Waals surface area contributed by atoms with E-state index in [-0.39, 0.29) is 17.8 Å². The van der Waals surface area contributed by atoms with Crippen molar-refractivity contribution in [1.82, 2.24) is 15.3 Å². The second kappa shape index (κ2) is 6.27. The lowest BCUT2D eigenvalue weighted by atomic mass is 9.77. The molecule has 0 spiro atoms. The van der Waals surface area contributed by atoms with Crippen LogP contribution in [0.2, 0.25) is 0 Å².